The lowest BCUT2D eigenvalue weighted by Crippen LogP contribution is -2.34. The van der Waals surface area contributed by atoms with Gasteiger partial charge in [-0.1, -0.05) is 45.0 Å². The molecule has 1 amide bonds. The largest absolute Gasteiger partial charge is 0.455 e. The molecule has 1 N–H and O–H groups in total. The van der Waals surface area contributed by atoms with E-state index in [1.54, 1.807) is 0 Å². The minimum absolute atomic E-state index is 0.00703. The molecule has 0 aliphatic heterocycles. The number of esters is 1. The molecule has 5 heteroatoms. The Kier molecular flexibility index (Phi) is 6.10. The smallest absolute Gasteiger partial charge is 0.316 e. The third-order valence-corrected chi connectivity index (χ3v) is 4.94. The number of nitrogens with one attached hydrogen (secondary N) is 1. The first kappa shape index (κ1) is 17.9. The number of benzene rings is 1. The molecule has 0 saturated carbocycles. The molecule has 1 aromatic carbocycles. The Hall–Kier alpha value is -1.49. The molecule has 4 nitrogen and oxygen atoms in total. The Balaban J connectivity index is 1.79. The van der Waals surface area contributed by atoms with E-state index in [2.05, 4.69) is 17.4 Å². The van der Waals surface area contributed by atoms with E-state index >= 15 is 0 Å². The fourth-order valence-electron chi connectivity index (χ4n) is 2.60. The highest BCUT2D eigenvalue weighted by atomic mass is 32.2. The zero-order chi connectivity index (χ0) is 16.9. The molecule has 126 valence electrons. The van der Waals surface area contributed by atoms with Gasteiger partial charge in [-0.3, -0.25) is 9.59 Å². The molecular weight excluding hydrogens is 310 g/mol. The molecule has 0 saturated heterocycles. The van der Waals surface area contributed by atoms with Gasteiger partial charge in [0.05, 0.1) is 11.8 Å². The molecular formula is C18H25NO3S. The average Bonchev–Trinajstić information content (AvgIpc) is 2.50. The molecule has 0 heterocycles. The van der Waals surface area contributed by atoms with Crippen molar-refractivity contribution in [2.45, 2.75) is 50.8 Å². The zero-order valence-corrected chi connectivity index (χ0v) is 14.9. The number of ether oxygens (including phenoxy) is 1. The van der Waals surface area contributed by atoms with Gasteiger partial charge in [-0.2, -0.15) is 0 Å². The fourth-order valence-corrected chi connectivity index (χ4v) is 3.24. The van der Waals surface area contributed by atoms with Gasteiger partial charge in [0, 0.05) is 4.75 Å². The van der Waals surface area contributed by atoms with Crippen LogP contribution in [0.1, 0.15) is 50.8 Å². The topological polar surface area (TPSA) is 55.4 Å². The first-order chi connectivity index (χ1) is 10.8. The van der Waals surface area contributed by atoms with Crippen LogP contribution < -0.4 is 5.32 Å². The van der Waals surface area contributed by atoms with Crippen molar-refractivity contribution in [3.8, 4) is 0 Å². The van der Waals surface area contributed by atoms with Gasteiger partial charge in [0.2, 0.25) is 0 Å². The van der Waals surface area contributed by atoms with Crippen molar-refractivity contribution in [2.24, 2.45) is 0 Å². The maximum atomic E-state index is 12.0. The van der Waals surface area contributed by atoms with Crippen LogP contribution in [-0.2, 0) is 20.7 Å². The van der Waals surface area contributed by atoms with Crippen LogP contribution in [0.3, 0.4) is 0 Å². The fraction of sp³-hybridized carbons (Fsp3) is 0.556. The van der Waals surface area contributed by atoms with Gasteiger partial charge in [-0.05, 0) is 30.4 Å². The lowest BCUT2D eigenvalue weighted by molar-refractivity contribution is -0.146. The third-order valence-electron chi connectivity index (χ3n) is 3.69. The minimum Gasteiger partial charge on any atom is -0.455 e. The van der Waals surface area contributed by atoms with E-state index in [4.69, 9.17) is 4.74 Å². The summed E-state index contributed by atoms with van der Waals surface area (Å²) in [6.45, 7) is 5.91. The Labute approximate surface area is 142 Å². The second-order valence-corrected chi connectivity index (χ2v) is 8.57. The summed E-state index contributed by atoms with van der Waals surface area (Å²) >= 11 is 1.51. The molecule has 1 aromatic rings. The van der Waals surface area contributed by atoms with Crippen LogP contribution in [0.25, 0.3) is 0 Å². The van der Waals surface area contributed by atoms with E-state index < -0.39 is 0 Å². The first-order valence-electron chi connectivity index (χ1n) is 8.02. The van der Waals surface area contributed by atoms with Gasteiger partial charge < -0.3 is 10.1 Å². The number of hydrogen-bond acceptors (Lipinski definition) is 4. The molecule has 23 heavy (non-hydrogen) atoms. The second kappa shape index (κ2) is 7.86. The van der Waals surface area contributed by atoms with Crippen molar-refractivity contribution < 1.29 is 14.3 Å². The quantitative estimate of drug-likeness (QED) is 0.839. The Morgan fingerprint density at radius 3 is 2.78 bits per heavy atom. The molecule has 0 fully saturated rings. The van der Waals surface area contributed by atoms with Crippen molar-refractivity contribution >= 4 is 23.6 Å². The number of amides is 1. The standard InChI is InChI=1S/C18H25NO3S/c1-18(2,3)23-12-17(21)22-11-16(20)19-15-10-6-8-13-7-4-5-9-14(13)15/h4-5,7,9,15H,6,8,10-12H2,1-3H3,(H,19,20). The minimum atomic E-state index is -0.343. The van der Waals surface area contributed by atoms with Gasteiger partial charge in [-0.15, -0.1) is 11.8 Å². The summed E-state index contributed by atoms with van der Waals surface area (Å²) in [5, 5.41) is 2.98. The van der Waals surface area contributed by atoms with Crippen LogP contribution in [0.15, 0.2) is 24.3 Å². The van der Waals surface area contributed by atoms with Gasteiger partial charge in [0.1, 0.15) is 0 Å². The van der Waals surface area contributed by atoms with E-state index in [9.17, 15) is 9.59 Å². The van der Waals surface area contributed by atoms with E-state index in [0.717, 1.165) is 19.3 Å². The number of hydrogen-bond donors (Lipinski definition) is 1. The summed E-state index contributed by atoms with van der Waals surface area (Å²) in [4.78, 5) is 23.7. The molecule has 1 atom stereocenters. The summed E-state index contributed by atoms with van der Waals surface area (Å²) < 4.78 is 5.06. The Morgan fingerprint density at radius 1 is 1.30 bits per heavy atom. The molecule has 0 aromatic heterocycles. The summed E-state index contributed by atoms with van der Waals surface area (Å²) in [5.74, 6) is -0.312. The molecule has 0 bridgehead atoms. The van der Waals surface area contributed by atoms with Gasteiger partial charge >= 0.3 is 5.97 Å². The van der Waals surface area contributed by atoms with E-state index in [1.165, 1.54) is 22.9 Å². The predicted octanol–water partition coefficient (Wildman–Crippen LogP) is 3.26. The first-order valence-corrected chi connectivity index (χ1v) is 9.00. The average molecular weight is 335 g/mol. The molecule has 2 rings (SSSR count). The Bertz CT molecular complexity index is 566. The van der Waals surface area contributed by atoms with Crippen LogP contribution in [0, 0.1) is 0 Å². The van der Waals surface area contributed by atoms with Gasteiger partial charge in [0.15, 0.2) is 6.61 Å². The molecule has 1 aliphatic carbocycles. The summed E-state index contributed by atoms with van der Waals surface area (Å²) in [7, 11) is 0. The second-order valence-electron chi connectivity index (χ2n) is 6.77. The van der Waals surface area contributed by atoms with Crippen LogP contribution in [0.2, 0.25) is 0 Å². The summed E-state index contributed by atoms with van der Waals surface area (Å²) in [6, 6.07) is 8.21. The molecule has 0 spiro atoms. The number of carbonyl (C=O) groups excluding carboxylic acids is 2. The number of fused-ring (bicyclic) bond motifs is 1. The van der Waals surface area contributed by atoms with E-state index in [1.807, 2.05) is 32.9 Å². The molecule has 0 radical (unpaired) electrons. The van der Waals surface area contributed by atoms with Crippen molar-refractivity contribution in [3.63, 3.8) is 0 Å². The van der Waals surface area contributed by atoms with Crippen molar-refractivity contribution in [1.29, 1.82) is 0 Å². The van der Waals surface area contributed by atoms with Gasteiger partial charge in [-0.25, -0.2) is 0 Å². The Morgan fingerprint density at radius 2 is 2.04 bits per heavy atom. The lowest BCUT2D eigenvalue weighted by Gasteiger charge is -2.26. The number of rotatable bonds is 5. The van der Waals surface area contributed by atoms with E-state index in [0.29, 0.717) is 0 Å². The van der Waals surface area contributed by atoms with Gasteiger partial charge in [0.25, 0.3) is 5.91 Å². The van der Waals surface area contributed by atoms with Crippen molar-refractivity contribution in [3.05, 3.63) is 35.4 Å². The summed E-state index contributed by atoms with van der Waals surface area (Å²) in [5.41, 5.74) is 2.48. The van der Waals surface area contributed by atoms with Crippen LogP contribution >= 0.6 is 11.8 Å². The maximum absolute atomic E-state index is 12.0. The van der Waals surface area contributed by atoms with E-state index in [-0.39, 0.29) is 35.0 Å². The van der Waals surface area contributed by atoms with Crippen LogP contribution in [0.5, 0.6) is 0 Å². The normalized spacial score (nSPS) is 17.3. The number of thioether (sulfide) groups is 1. The SMILES string of the molecule is CC(C)(C)SCC(=O)OCC(=O)NC1CCCc2ccccc21. The molecule has 1 unspecified atom stereocenters. The number of aryl methyl sites for hydroxylation is 1. The monoisotopic (exact) mass is 335 g/mol. The third kappa shape index (κ3) is 5.90. The summed E-state index contributed by atoms with van der Waals surface area (Å²) in [6.07, 6.45) is 3.04. The van der Waals surface area contributed by atoms with Crippen LogP contribution in [0.4, 0.5) is 0 Å². The maximum Gasteiger partial charge on any atom is 0.316 e. The zero-order valence-electron chi connectivity index (χ0n) is 14.1. The van der Waals surface area contributed by atoms with Crippen molar-refractivity contribution in [2.75, 3.05) is 12.4 Å². The predicted molar refractivity (Wildman–Crippen MR) is 93.4 cm³/mol. The lowest BCUT2D eigenvalue weighted by atomic mass is 9.88. The van der Waals surface area contributed by atoms with Crippen molar-refractivity contribution in [1.82, 2.24) is 5.32 Å². The van der Waals surface area contributed by atoms with Crippen LogP contribution in [-0.4, -0.2) is 29.0 Å². The highest BCUT2D eigenvalue weighted by molar-refractivity contribution is 8.01. The highest BCUT2D eigenvalue weighted by Gasteiger charge is 2.22. The highest BCUT2D eigenvalue weighted by Crippen LogP contribution is 2.29. The molecule has 1 aliphatic rings. The number of carbonyl (C=O) groups is 2.